The molecule has 2 aliphatic heterocycles. The van der Waals surface area contributed by atoms with Gasteiger partial charge in [0.05, 0.1) is 31.4 Å². The van der Waals surface area contributed by atoms with Crippen LogP contribution >= 0.6 is 11.6 Å². The Labute approximate surface area is 180 Å². The van der Waals surface area contributed by atoms with Gasteiger partial charge in [-0.25, -0.2) is 4.79 Å². The molecule has 1 aromatic carbocycles. The van der Waals surface area contributed by atoms with Gasteiger partial charge in [0.1, 0.15) is 6.04 Å². The maximum atomic E-state index is 12.8. The Morgan fingerprint density at radius 3 is 2.17 bits per heavy atom. The zero-order chi connectivity index (χ0) is 21.6. The van der Waals surface area contributed by atoms with Crippen molar-refractivity contribution in [3.05, 3.63) is 33.8 Å². The Bertz CT molecular complexity index is 832. The first-order valence-electron chi connectivity index (χ1n) is 9.37. The number of fused-ring (bicyclic) bond motifs is 1. The van der Waals surface area contributed by atoms with Crippen LogP contribution in [0.2, 0.25) is 5.02 Å². The van der Waals surface area contributed by atoms with Gasteiger partial charge < -0.3 is 10.2 Å². The Morgan fingerprint density at radius 2 is 1.69 bits per heavy atom. The lowest BCUT2D eigenvalue weighted by molar-refractivity contribution is -0.134. The molecule has 0 spiro atoms. The highest BCUT2D eigenvalue weighted by atomic mass is 35.5. The highest BCUT2D eigenvalue weighted by molar-refractivity contribution is 6.47. The van der Waals surface area contributed by atoms with Gasteiger partial charge in [-0.05, 0) is 46.8 Å². The van der Waals surface area contributed by atoms with Crippen molar-refractivity contribution in [2.24, 2.45) is 0 Å². The SMILES string of the molecule is C1CC1.[B]C1([B])c2cc(C)c(Cl)cc2C([B])([B])N1C(=O)CCC1NC(=O)NC1=O. The van der Waals surface area contributed by atoms with Crippen LogP contribution in [-0.2, 0) is 20.3 Å². The highest BCUT2D eigenvalue weighted by Crippen LogP contribution is 2.45. The standard InChI is InChI=1S/C15H12B4ClN3O3.C3H6/c1-6-4-7-8(5-9(6)20)15(18,19)23(14(7,16)17)11(24)3-2-10-12(25)22-13(26)21-10;1-2-3-1/h4-5,10H,2-3H2,1H3,(H2,21,22,25,26);1-3H2. The van der Waals surface area contributed by atoms with Gasteiger partial charge in [0.15, 0.2) is 0 Å². The van der Waals surface area contributed by atoms with Crippen LogP contribution in [0.25, 0.3) is 0 Å². The van der Waals surface area contributed by atoms with E-state index in [1.807, 2.05) is 0 Å². The number of urea groups is 1. The van der Waals surface area contributed by atoms with E-state index >= 15 is 0 Å². The van der Waals surface area contributed by atoms with Gasteiger partial charge in [-0.1, -0.05) is 36.9 Å². The number of nitrogens with one attached hydrogen (secondary N) is 2. The second-order valence-corrected chi connectivity index (χ2v) is 8.05. The van der Waals surface area contributed by atoms with Crippen LogP contribution in [0, 0.1) is 6.92 Å². The lowest BCUT2D eigenvalue weighted by Crippen LogP contribution is -2.56. The summed E-state index contributed by atoms with van der Waals surface area (Å²) < 4.78 is 0. The minimum atomic E-state index is -1.77. The molecule has 11 heteroatoms. The monoisotopic (exact) mass is 403 g/mol. The van der Waals surface area contributed by atoms with E-state index < -0.39 is 34.6 Å². The molecule has 4 rings (SSSR count). The topological polar surface area (TPSA) is 78.5 Å². The van der Waals surface area contributed by atoms with Gasteiger partial charge in [-0.2, -0.15) is 0 Å². The summed E-state index contributed by atoms with van der Waals surface area (Å²) in [7, 11) is 24.7. The van der Waals surface area contributed by atoms with Crippen molar-refractivity contribution in [2.45, 2.75) is 55.7 Å². The molecule has 142 valence electrons. The normalized spacial score (nSPS) is 22.8. The molecule has 2 N–H and O–H groups in total. The lowest BCUT2D eigenvalue weighted by Gasteiger charge is -2.43. The van der Waals surface area contributed by atoms with Crippen LogP contribution in [-0.4, -0.2) is 60.2 Å². The first-order chi connectivity index (χ1) is 13.5. The van der Waals surface area contributed by atoms with Crippen molar-refractivity contribution in [3.63, 3.8) is 0 Å². The van der Waals surface area contributed by atoms with Crippen molar-refractivity contribution < 1.29 is 14.4 Å². The van der Waals surface area contributed by atoms with Crippen molar-refractivity contribution >= 4 is 60.8 Å². The predicted octanol–water partition coefficient (Wildman–Crippen LogP) is 0.544. The average molecular weight is 403 g/mol. The molecule has 4 amide bonds. The van der Waals surface area contributed by atoms with E-state index in [0.29, 0.717) is 21.7 Å². The molecule has 8 radical (unpaired) electrons. The predicted molar refractivity (Wildman–Crippen MR) is 113 cm³/mol. The second-order valence-electron chi connectivity index (χ2n) is 7.64. The molecular weight excluding hydrogens is 385 g/mol. The third-order valence-corrected chi connectivity index (χ3v) is 5.42. The summed E-state index contributed by atoms with van der Waals surface area (Å²) in [5, 5.41) is 1.41. The van der Waals surface area contributed by atoms with Crippen LogP contribution in [0.15, 0.2) is 12.1 Å². The average Bonchev–Trinajstić information content (AvgIpc) is 3.43. The maximum Gasteiger partial charge on any atom is 0.322 e. The number of hydrogen-bond acceptors (Lipinski definition) is 3. The summed E-state index contributed by atoms with van der Waals surface area (Å²) in [6.45, 7) is 1.76. The number of nitrogens with zero attached hydrogens (tertiary/aromatic N) is 1. The maximum absolute atomic E-state index is 12.8. The summed E-state index contributed by atoms with van der Waals surface area (Å²) in [5.41, 5.74) is 1.45. The number of imide groups is 1. The third kappa shape index (κ3) is 4.23. The van der Waals surface area contributed by atoms with Crippen LogP contribution in [0.3, 0.4) is 0 Å². The van der Waals surface area contributed by atoms with E-state index in [1.54, 1.807) is 19.1 Å². The lowest BCUT2D eigenvalue weighted by atomic mass is 9.56. The van der Waals surface area contributed by atoms with Crippen LogP contribution in [0.1, 0.15) is 48.8 Å². The van der Waals surface area contributed by atoms with E-state index in [4.69, 9.17) is 43.0 Å². The molecule has 1 atom stereocenters. The zero-order valence-electron chi connectivity index (χ0n) is 16.1. The van der Waals surface area contributed by atoms with Crippen LogP contribution in [0.5, 0.6) is 0 Å². The van der Waals surface area contributed by atoms with E-state index in [9.17, 15) is 14.4 Å². The van der Waals surface area contributed by atoms with Gasteiger partial charge >= 0.3 is 6.03 Å². The number of carbonyl (C=O) groups is 3. The summed E-state index contributed by atoms with van der Waals surface area (Å²) in [5.74, 6) is -1.06. The van der Waals surface area contributed by atoms with Crippen molar-refractivity contribution in [3.8, 4) is 0 Å². The molecule has 2 fully saturated rings. The van der Waals surface area contributed by atoms with Gasteiger partial charge in [0.25, 0.3) is 5.91 Å². The summed E-state index contributed by atoms with van der Waals surface area (Å²) in [4.78, 5) is 36.5. The second kappa shape index (κ2) is 7.78. The fourth-order valence-corrected chi connectivity index (χ4v) is 3.51. The molecule has 29 heavy (non-hydrogen) atoms. The molecule has 6 nitrogen and oxygen atoms in total. The van der Waals surface area contributed by atoms with E-state index in [-0.39, 0.29) is 12.8 Å². The fraction of sp³-hybridized carbons (Fsp3) is 0.500. The van der Waals surface area contributed by atoms with Gasteiger partial charge in [-0.3, -0.25) is 14.9 Å². The van der Waals surface area contributed by atoms with Gasteiger partial charge in [0, 0.05) is 11.4 Å². The summed E-state index contributed by atoms with van der Waals surface area (Å²) in [6.07, 6.45) is 4.40. The van der Waals surface area contributed by atoms with Crippen molar-refractivity contribution in [1.82, 2.24) is 15.5 Å². The molecule has 0 aromatic heterocycles. The van der Waals surface area contributed by atoms with Crippen molar-refractivity contribution in [1.29, 1.82) is 0 Å². The zero-order valence-corrected chi connectivity index (χ0v) is 16.9. The summed E-state index contributed by atoms with van der Waals surface area (Å²) in [6, 6.07) is 1.76. The number of amides is 4. The molecule has 0 bridgehead atoms. The Morgan fingerprint density at radius 1 is 1.14 bits per heavy atom. The highest BCUT2D eigenvalue weighted by Gasteiger charge is 2.49. The first-order valence-corrected chi connectivity index (χ1v) is 9.75. The fourth-order valence-electron chi connectivity index (χ4n) is 3.35. The number of benzene rings is 1. The number of aryl methyl sites for hydroxylation is 1. The molecule has 1 aromatic rings. The molecular formula is C18H18B4ClN3O3. The number of hydrogen-bond donors (Lipinski definition) is 2. The number of halogens is 1. The van der Waals surface area contributed by atoms with Crippen molar-refractivity contribution in [2.75, 3.05) is 0 Å². The Balaban J connectivity index is 0.000000732. The smallest absolute Gasteiger partial charge is 0.322 e. The quantitative estimate of drug-likeness (QED) is 0.572. The number of carbonyl (C=O) groups excluding carboxylic acids is 3. The van der Waals surface area contributed by atoms with Gasteiger partial charge in [0.2, 0.25) is 5.91 Å². The molecule has 3 aliphatic rings. The molecule has 1 saturated heterocycles. The van der Waals surface area contributed by atoms with Crippen LogP contribution in [0.4, 0.5) is 4.79 Å². The van der Waals surface area contributed by atoms with Gasteiger partial charge in [-0.15, -0.1) is 0 Å². The largest absolute Gasteiger partial charge is 0.358 e. The first kappa shape index (κ1) is 21.9. The Kier molecular flexibility index (Phi) is 5.87. The van der Waals surface area contributed by atoms with E-state index in [1.165, 1.54) is 19.3 Å². The number of rotatable bonds is 3. The minimum absolute atomic E-state index is 0.0508. The van der Waals surface area contributed by atoms with Crippen LogP contribution < -0.4 is 10.6 Å². The summed E-state index contributed by atoms with van der Waals surface area (Å²) >= 11 is 6.14. The molecule has 1 unspecified atom stereocenters. The third-order valence-electron chi connectivity index (χ3n) is 5.01. The van der Waals surface area contributed by atoms with E-state index in [0.717, 1.165) is 4.90 Å². The molecule has 1 saturated carbocycles. The Hall–Kier alpha value is -1.82. The molecule has 1 aliphatic carbocycles. The molecule has 2 heterocycles. The van der Waals surface area contributed by atoms with E-state index in [2.05, 4.69) is 10.6 Å². The minimum Gasteiger partial charge on any atom is -0.358 e.